The van der Waals surface area contributed by atoms with Gasteiger partial charge < -0.3 is 15.8 Å². The smallest absolute Gasteiger partial charge is 0.273 e. The van der Waals surface area contributed by atoms with E-state index in [2.05, 4.69) is 10.3 Å². The molecule has 0 bridgehead atoms. The minimum atomic E-state index is -0.782. The molecule has 0 unspecified atom stereocenters. The maximum Gasteiger partial charge on any atom is 0.273 e. The largest absolute Gasteiger partial charge is 0.390 e. The Morgan fingerprint density at radius 1 is 1.52 bits per heavy atom. The fourth-order valence-corrected chi connectivity index (χ4v) is 2.75. The van der Waals surface area contributed by atoms with Crippen LogP contribution in [0.15, 0.2) is 35.0 Å². The predicted octanol–water partition coefficient (Wildman–Crippen LogP) is 2.60. The van der Waals surface area contributed by atoms with Crippen LogP contribution in [0.3, 0.4) is 0 Å². The van der Waals surface area contributed by atoms with Crippen molar-refractivity contribution in [3.63, 3.8) is 0 Å². The van der Waals surface area contributed by atoms with Gasteiger partial charge in [0.1, 0.15) is 5.82 Å². The summed E-state index contributed by atoms with van der Waals surface area (Å²) in [6.45, 7) is 4.84. The van der Waals surface area contributed by atoms with E-state index < -0.39 is 6.10 Å². The number of nitrogens with one attached hydrogen (secondary N) is 2. The number of amidine groups is 1. The lowest BCUT2D eigenvalue weighted by Crippen LogP contribution is -2.34. The van der Waals surface area contributed by atoms with Crippen molar-refractivity contribution in [3.8, 4) is 0 Å². The maximum absolute atomic E-state index is 13.5. The van der Waals surface area contributed by atoms with Crippen molar-refractivity contribution < 1.29 is 14.1 Å². The SMILES string of the molecule is CC(=N)/C(=C\NCC1CC1)C[N+]1=CN=C1c1ccc(F)cc1[C@@H](C)O. The average Bonchev–Trinajstić information content (AvgIpc) is 3.34. The number of halogens is 1. The lowest BCUT2D eigenvalue weighted by atomic mass is 10.0. The average molecular weight is 343 g/mol. The highest BCUT2D eigenvalue weighted by Gasteiger charge is 2.27. The highest BCUT2D eigenvalue weighted by molar-refractivity contribution is 6.04. The summed E-state index contributed by atoms with van der Waals surface area (Å²) >= 11 is 0. The second kappa shape index (κ2) is 7.27. The lowest BCUT2D eigenvalue weighted by molar-refractivity contribution is -0.403. The fraction of sp³-hybridized carbons (Fsp3) is 0.421. The Morgan fingerprint density at radius 2 is 2.28 bits per heavy atom. The Morgan fingerprint density at radius 3 is 2.84 bits per heavy atom. The lowest BCUT2D eigenvalue weighted by Gasteiger charge is -2.18. The van der Waals surface area contributed by atoms with Gasteiger partial charge in [-0.25, -0.2) is 8.97 Å². The molecule has 0 aromatic heterocycles. The van der Waals surface area contributed by atoms with Crippen LogP contribution >= 0.6 is 0 Å². The standard InChI is InChI=1S/C19H24FN4O/c1-12(21)15(9-22-8-14-3-4-14)10-24-11-23-19(24)17-6-5-16(20)7-18(17)13(2)25/h5-7,9,11,13-14,21-22,25H,3-4,8,10H2,1-2H3/q+1/b15-9-,21-12?/t13-/m1/s1. The van der Waals surface area contributed by atoms with Gasteiger partial charge in [-0.05, 0) is 56.4 Å². The number of aliphatic imine (C=N–C) groups is 1. The van der Waals surface area contributed by atoms with Crippen LogP contribution in [0.25, 0.3) is 0 Å². The molecule has 6 heteroatoms. The van der Waals surface area contributed by atoms with Crippen LogP contribution in [0, 0.1) is 17.1 Å². The Hall–Kier alpha value is -2.34. The van der Waals surface area contributed by atoms with Crippen molar-refractivity contribution in [1.29, 1.82) is 5.41 Å². The maximum atomic E-state index is 13.5. The van der Waals surface area contributed by atoms with E-state index >= 15 is 0 Å². The summed E-state index contributed by atoms with van der Waals surface area (Å²) in [5, 5.41) is 21.2. The monoisotopic (exact) mass is 343 g/mol. The second-order valence-electron chi connectivity index (χ2n) is 6.75. The molecule has 3 rings (SSSR count). The minimum Gasteiger partial charge on any atom is -0.390 e. The zero-order chi connectivity index (χ0) is 18.0. The summed E-state index contributed by atoms with van der Waals surface area (Å²) in [4.78, 5) is 4.29. The fourth-order valence-electron chi connectivity index (χ4n) is 2.75. The first kappa shape index (κ1) is 17.5. The summed E-state index contributed by atoms with van der Waals surface area (Å²) in [5.41, 5.74) is 2.61. The zero-order valence-electron chi connectivity index (χ0n) is 14.6. The van der Waals surface area contributed by atoms with Crippen LogP contribution in [0.2, 0.25) is 0 Å². The molecular formula is C19H24FN4O+. The van der Waals surface area contributed by atoms with Gasteiger partial charge in [0.05, 0.1) is 18.2 Å². The van der Waals surface area contributed by atoms with Crippen LogP contribution in [0.5, 0.6) is 0 Å². The van der Waals surface area contributed by atoms with Crippen molar-refractivity contribution in [1.82, 2.24) is 5.32 Å². The molecule has 1 fully saturated rings. The van der Waals surface area contributed by atoms with E-state index in [-0.39, 0.29) is 5.82 Å². The van der Waals surface area contributed by atoms with Crippen molar-refractivity contribution in [3.05, 3.63) is 46.9 Å². The summed E-state index contributed by atoms with van der Waals surface area (Å²) in [5.74, 6) is 1.07. The Labute approximate surface area is 147 Å². The number of benzene rings is 1. The number of rotatable bonds is 8. The van der Waals surface area contributed by atoms with E-state index in [1.165, 1.54) is 25.0 Å². The molecule has 1 heterocycles. The predicted molar refractivity (Wildman–Crippen MR) is 97.0 cm³/mol. The minimum absolute atomic E-state index is 0.379. The van der Waals surface area contributed by atoms with Crippen LogP contribution in [0.1, 0.15) is 43.9 Å². The molecule has 0 spiro atoms. The van der Waals surface area contributed by atoms with Crippen molar-refractivity contribution in [2.75, 3.05) is 13.1 Å². The van der Waals surface area contributed by atoms with E-state index in [0.717, 1.165) is 18.0 Å². The first-order chi connectivity index (χ1) is 12.0. The molecule has 25 heavy (non-hydrogen) atoms. The van der Waals surface area contributed by atoms with Gasteiger partial charge >= 0.3 is 0 Å². The van der Waals surface area contributed by atoms with Gasteiger partial charge in [-0.1, -0.05) is 4.99 Å². The molecular weight excluding hydrogens is 319 g/mol. The van der Waals surface area contributed by atoms with E-state index in [1.807, 2.05) is 10.8 Å². The summed E-state index contributed by atoms with van der Waals surface area (Å²) in [7, 11) is 0. The van der Waals surface area contributed by atoms with E-state index in [9.17, 15) is 9.50 Å². The highest BCUT2D eigenvalue weighted by atomic mass is 19.1. The number of aliphatic hydroxyl groups excluding tert-OH is 1. The molecule has 5 nitrogen and oxygen atoms in total. The molecule has 1 aliphatic heterocycles. The molecule has 2 aliphatic rings. The molecule has 1 aliphatic carbocycles. The van der Waals surface area contributed by atoms with Crippen molar-refractivity contribution in [2.24, 2.45) is 10.9 Å². The molecule has 1 aromatic rings. The van der Waals surface area contributed by atoms with Crippen LogP contribution in [-0.4, -0.2) is 40.7 Å². The van der Waals surface area contributed by atoms with Crippen LogP contribution < -0.4 is 5.32 Å². The van der Waals surface area contributed by atoms with Gasteiger partial charge in [0.2, 0.25) is 6.34 Å². The molecule has 0 amide bonds. The molecule has 3 N–H and O–H groups in total. The normalized spacial score (nSPS) is 18.2. The molecule has 1 aromatic carbocycles. The molecule has 1 atom stereocenters. The topological polar surface area (TPSA) is 71.5 Å². The van der Waals surface area contributed by atoms with Gasteiger partial charge in [-0.2, -0.15) is 0 Å². The summed E-state index contributed by atoms with van der Waals surface area (Å²) in [6.07, 6.45) is 5.38. The van der Waals surface area contributed by atoms with Crippen LogP contribution in [-0.2, 0) is 0 Å². The third kappa shape index (κ3) is 4.20. The number of hydrogen-bond acceptors (Lipinski definition) is 4. The number of aliphatic hydroxyl groups is 1. The Bertz CT molecular complexity index is 776. The highest BCUT2D eigenvalue weighted by Crippen LogP contribution is 2.27. The van der Waals surface area contributed by atoms with Gasteiger partial charge in [-0.3, -0.25) is 0 Å². The number of nitrogens with zero attached hydrogens (tertiary/aromatic N) is 2. The molecule has 132 valence electrons. The van der Waals surface area contributed by atoms with Gasteiger partial charge in [0, 0.05) is 24.0 Å². The first-order valence-corrected chi connectivity index (χ1v) is 8.59. The van der Waals surface area contributed by atoms with Crippen molar-refractivity contribution in [2.45, 2.75) is 32.8 Å². The third-order valence-corrected chi connectivity index (χ3v) is 4.50. The zero-order valence-corrected chi connectivity index (χ0v) is 14.6. The van der Waals surface area contributed by atoms with E-state index in [1.54, 1.807) is 26.3 Å². The van der Waals surface area contributed by atoms with Gasteiger partial charge in [0.25, 0.3) is 5.84 Å². The summed E-state index contributed by atoms with van der Waals surface area (Å²) < 4.78 is 15.4. The molecule has 1 saturated carbocycles. The quantitative estimate of drug-likeness (QED) is 0.501. The summed E-state index contributed by atoms with van der Waals surface area (Å²) in [6, 6.07) is 4.35. The molecule has 0 radical (unpaired) electrons. The van der Waals surface area contributed by atoms with Gasteiger partial charge in [-0.15, -0.1) is 0 Å². The first-order valence-electron chi connectivity index (χ1n) is 8.59. The third-order valence-electron chi connectivity index (χ3n) is 4.50. The molecule has 0 saturated heterocycles. The Kier molecular flexibility index (Phi) is 5.08. The Balaban J connectivity index is 1.73. The van der Waals surface area contributed by atoms with E-state index in [4.69, 9.17) is 5.41 Å². The van der Waals surface area contributed by atoms with Crippen molar-refractivity contribution >= 4 is 17.9 Å². The second-order valence-corrected chi connectivity index (χ2v) is 6.75. The van der Waals surface area contributed by atoms with Crippen LogP contribution in [0.4, 0.5) is 4.39 Å². The van der Waals surface area contributed by atoms with Gasteiger partial charge in [0.15, 0.2) is 0 Å². The van der Waals surface area contributed by atoms with E-state index in [0.29, 0.717) is 29.2 Å². The number of hydrogen-bond donors (Lipinski definition) is 3.